The molecular formula is C13H13FINO. The van der Waals surface area contributed by atoms with E-state index < -0.39 is 0 Å². The van der Waals surface area contributed by atoms with Crippen molar-refractivity contribution >= 4 is 22.6 Å². The molecule has 2 nitrogen and oxygen atoms in total. The topological polar surface area (TPSA) is 39.2 Å². The fourth-order valence-corrected chi connectivity index (χ4v) is 2.38. The molecule has 1 aromatic heterocycles. The molecule has 1 unspecified atom stereocenters. The highest BCUT2D eigenvalue weighted by Gasteiger charge is 2.10. The van der Waals surface area contributed by atoms with Crippen LogP contribution in [-0.4, -0.2) is 6.04 Å². The maximum atomic E-state index is 13.0. The third kappa shape index (κ3) is 3.07. The van der Waals surface area contributed by atoms with E-state index in [-0.39, 0.29) is 11.9 Å². The number of furan rings is 1. The SMILES string of the molecule is CC(N)Cc1ccc(-c2ccc(F)cc2I)o1. The van der Waals surface area contributed by atoms with E-state index in [4.69, 9.17) is 10.2 Å². The third-order valence-corrected chi connectivity index (χ3v) is 3.27. The summed E-state index contributed by atoms with van der Waals surface area (Å²) in [6.07, 6.45) is 0.706. The van der Waals surface area contributed by atoms with Gasteiger partial charge in [0.15, 0.2) is 0 Å². The minimum Gasteiger partial charge on any atom is -0.461 e. The maximum absolute atomic E-state index is 13.0. The van der Waals surface area contributed by atoms with Crippen molar-refractivity contribution in [2.75, 3.05) is 0 Å². The molecule has 0 spiro atoms. The lowest BCUT2D eigenvalue weighted by atomic mass is 10.2. The average molecular weight is 345 g/mol. The van der Waals surface area contributed by atoms with Crippen LogP contribution in [0.15, 0.2) is 34.7 Å². The number of rotatable bonds is 3. The lowest BCUT2D eigenvalue weighted by Gasteiger charge is -2.02. The van der Waals surface area contributed by atoms with E-state index in [1.807, 2.05) is 19.1 Å². The van der Waals surface area contributed by atoms with Crippen LogP contribution in [0.5, 0.6) is 0 Å². The molecule has 0 saturated carbocycles. The van der Waals surface area contributed by atoms with Crippen molar-refractivity contribution in [2.24, 2.45) is 5.73 Å². The number of hydrogen-bond acceptors (Lipinski definition) is 2. The Hall–Kier alpha value is -0.880. The Balaban J connectivity index is 2.30. The Labute approximate surface area is 113 Å². The molecule has 2 N–H and O–H groups in total. The van der Waals surface area contributed by atoms with Gasteiger partial charge in [0.1, 0.15) is 17.3 Å². The van der Waals surface area contributed by atoms with Crippen molar-refractivity contribution in [3.8, 4) is 11.3 Å². The van der Waals surface area contributed by atoms with Crippen molar-refractivity contribution in [3.63, 3.8) is 0 Å². The van der Waals surface area contributed by atoms with Crippen molar-refractivity contribution in [3.05, 3.63) is 45.5 Å². The van der Waals surface area contributed by atoms with E-state index in [0.29, 0.717) is 6.42 Å². The van der Waals surface area contributed by atoms with Crippen LogP contribution in [0.2, 0.25) is 0 Å². The minimum atomic E-state index is -0.236. The predicted molar refractivity (Wildman–Crippen MR) is 74.2 cm³/mol. The van der Waals surface area contributed by atoms with Gasteiger partial charge in [-0.3, -0.25) is 0 Å². The molecule has 0 bridgehead atoms. The molecule has 1 heterocycles. The van der Waals surface area contributed by atoms with Gasteiger partial charge >= 0.3 is 0 Å². The van der Waals surface area contributed by atoms with Crippen molar-refractivity contribution in [2.45, 2.75) is 19.4 Å². The van der Waals surface area contributed by atoms with Gasteiger partial charge in [-0.15, -0.1) is 0 Å². The monoisotopic (exact) mass is 345 g/mol. The third-order valence-electron chi connectivity index (χ3n) is 2.38. The van der Waals surface area contributed by atoms with E-state index in [1.165, 1.54) is 12.1 Å². The quantitative estimate of drug-likeness (QED) is 0.864. The molecular weight excluding hydrogens is 332 g/mol. The summed E-state index contributed by atoms with van der Waals surface area (Å²) in [5.41, 5.74) is 6.62. The molecule has 90 valence electrons. The summed E-state index contributed by atoms with van der Waals surface area (Å²) in [5, 5.41) is 0. The van der Waals surface area contributed by atoms with Gasteiger partial charge in [0.05, 0.1) is 0 Å². The average Bonchev–Trinajstić information content (AvgIpc) is 2.65. The number of halogens is 2. The van der Waals surface area contributed by atoms with Crippen molar-refractivity contribution < 1.29 is 8.81 Å². The van der Waals surface area contributed by atoms with Gasteiger partial charge in [0.2, 0.25) is 0 Å². The Bertz CT molecular complexity index is 522. The van der Waals surface area contributed by atoms with Gasteiger partial charge in [-0.25, -0.2) is 4.39 Å². The standard InChI is InChI=1S/C13H13FINO/c1-8(16)6-10-3-5-13(17-10)11-4-2-9(14)7-12(11)15/h2-5,7-8H,6,16H2,1H3. The fraction of sp³-hybridized carbons (Fsp3) is 0.231. The summed E-state index contributed by atoms with van der Waals surface area (Å²) in [6.45, 7) is 1.93. The highest BCUT2D eigenvalue weighted by Crippen LogP contribution is 2.27. The zero-order valence-electron chi connectivity index (χ0n) is 9.41. The van der Waals surface area contributed by atoms with Crippen LogP contribution in [0.1, 0.15) is 12.7 Å². The first-order chi connectivity index (χ1) is 8.06. The normalized spacial score (nSPS) is 12.7. The first-order valence-corrected chi connectivity index (χ1v) is 6.44. The number of benzene rings is 1. The summed E-state index contributed by atoms with van der Waals surface area (Å²) in [7, 11) is 0. The van der Waals surface area contributed by atoms with Crippen LogP contribution in [0.25, 0.3) is 11.3 Å². The number of hydrogen-bond donors (Lipinski definition) is 1. The molecule has 0 saturated heterocycles. The summed E-state index contributed by atoms with van der Waals surface area (Å²) >= 11 is 2.10. The molecule has 0 amide bonds. The molecule has 0 radical (unpaired) electrons. The minimum absolute atomic E-state index is 0.0706. The molecule has 2 aromatic rings. The molecule has 2 rings (SSSR count). The second kappa shape index (κ2) is 5.18. The molecule has 4 heteroatoms. The van der Waals surface area contributed by atoms with Crippen molar-refractivity contribution in [1.29, 1.82) is 0 Å². The zero-order chi connectivity index (χ0) is 12.4. The molecule has 0 aliphatic carbocycles. The van der Waals surface area contributed by atoms with Gasteiger partial charge in [-0.2, -0.15) is 0 Å². The zero-order valence-corrected chi connectivity index (χ0v) is 11.6. The first kappa shape index (κ1) is 12.6. The highest BCUT2D eigenvalue weighted by molar-refractivity contribution is 14.1. The van der Waals surface area contributed by atoms with Gasteiger partial charge in [0, 0.05) is 21.6 Å². The van der Waals surface area contributed by atoms with E-state index in [2.05, 4.69) is 22.6 Å². The smallest absolute Gasteiger partial charge is 0.135 e. The predicted octanol–water partition coefficient (Wildman–Crippen LogP) is 3.58. The Morgan fingerprint density at radius 3 is 2.76 bits per heavy atom. The van der Waals surface area contributed by atoms with Crippen LogP contribution >= 0.6 is 22.6 Å². The van der Waals surface area contributed by atoms with Crippen LogP contribution < -0.4 is 5.73 Å². The maximum Gasteiger partial charge on any atom is 0.135 e. The van der Waals surface area contributed by atoms with Gasteiger partial charge in [-0.1, -0.05) is 0 Å². The van der Waals surface area contributed by atoms with Crippen molar-refractivity contribution in [1.82, 2.24) is 0 Å². The van der Waals surface area contributed by atoms with E-state index >= 15 is 0 Å². The molecule has 0 fully saturated rings. The Kier molecular flexibility index (Phi) is 3.83. The highest BCUT2D eigenvalue weighted by atomic mass is 127. The van der Waals surface area contributed by atoms with Crippen LogP contribution in [0.3, 0.4) is 0 Å². The molecule has 0 aliphatic rings. The van der Waals surface area contributed by atoms with Gasteiger partial charge in [-0.05, 0) is 59.8 Å². The summed E-state index contributed by atoms with van der Waals surface area (Å²) in [5.74, 6) is 1.38. The van der Waals surface area contributed by atoms with E-state index in [9.17, 15) is 4.39 Å². The largest absolute Gasteiger partial charge is 0.461 e. The summed E-state index contributed by atoms with van der Waals surface area (Å²) in [6, 6.07) is 8.53. The van der Waals surface area contributed by atoms with Crippen LogP contribution in [-0.2, 0) is 6.42 Å². The summed E-state index contributed by atoms with van der Waals surface area (Å²) < 4.78 is 19.5. The molecule has 0 aliphatic heterocycles. The van der Waals surface area contributed by atoms with Gasteiger partial charge in [0.25, 0.3) is 0 Å². The Morgan fingerprint density at radius 1 is 1.35 bits per heavy atom. The van der Waals surface area contributed by atoms with Crippen LogP contribution in [0.4, 0.5) is 4.39 Å². The fourth-order valence-electron chi connectivity index (χ4n) is 1.64. The Morgan fingerprint density at radius 2 is 2.12 bits per heavy atom. The second-order valence-electron chi connectivity index (χ2n) is 4.07. The molecule has 1 aromatic carbocycles. The lowest BCUT2D eigenvalue weighted by Crippen LogP contribution is -2.17. The van der Waals surface area contributed by atoms with E-state index in [0.717, 1.165) is 20.7 Å². The molecule has 17 heavy (non-hydrogen) atoms. The molecule has 1 atom stereocenters. The van der Waals surface area contributed by atoms with E-state index in [1.54, 1.807) is 6.07 Å². The second-order valence-corrected chi connectivity index (χ2v) is 5.23. The first-order valence-electron chi connectivity index (χ1n) is 5.36. The summed E-state index contributed by atoms with van der Waals surface area (Å²) in [4.78, 5) is 0. The van der Waals surface area contributed by atoms with Gasteiger partial charge < -0.3 is 10.2 Å². The number of nitrogens with two attached hydrogens (primary N) is 1. The van der Waals surface area contributed by atoms with Crippen LogP contribution in [0, 0.1) is 9.39 Å². The lowest BCUT2D eigenvalue weighted by molar-refractivity contribution is 0.503.